The van der Waals surface area contributed by atoms with E-state index in [0.29, 0.717) is 0 Å². The first-order chi connectivity index (χ1) is 35.2. The molecule has 11 aromatic carbocycles. The Bertz CT molecular complexity index is 4290. The fourth-order valence-electron chi connectivity index (χ4n) is 10.5. The summed E-state index contributed by atoms with van der Waals surface area (Å²) in [6.45, 7) is 0. The molecule has 0 N–H and O–H groups in total. The van der Waals surface area contributed by atoms with Crippen molar-refractivity contribution in [2.75, 3.05) is 9.80 Å². The van der Waals surface area contributed by atoms with Gasteiger partial charge in [0.05, 0.1) is 0 Å². The Morgan fingerprint density at radius 3 is 1.65 bits per heavy atom. The number of rotatable bonds is 9. The molecule has 3 aromatic heterocycles. The normalized spacial score (nSPS) is 11.7. The molecular weight excluding hydrogens is 901 g/mol. The standard InChI is InChI=1S/C66H42N2OS2/c1-4-15-43(16-5-1)45-27-30-50(31-28-45)67(49-21-8-3-9-22-49)52-32-35-61-60(41-52)65-57-34-29-48(39-64(57)71-66(65)69-61)58-42-54(38-47-19-10-11-24-55(47)58)68(51-23-14-20-46(37-51)44-17-6-2-7-18-44)53-33-36-63-59(40-53)56-25-12-13-26-62(56)70-63/h1-42H. The van der Waals surface area contributed by atoms with Crippen LogP contribution in [0.5, 0.6) is 0 Å². The molecule has 3 heterocycles. The maximum Gasteiger partial charge on any atom is 0.190 e. The van der Waals surface area contributed by atoms with Crippen molar-refractivity contribution in [1.29, 1.82) is 0 Å². The highest BCUT2D eigenvalue weighted by Gasteiger charge is 2.22. The molecule has 0 bridgehead atoms. The topological polar surface area (TPSA) is 19.6 Å². The lowest BCUT2D eigenvalue weighted by molar-refractivity contribution is 0.678. The van der Waals surface area contributed by atoms with Gasteiger partial charge in [-0.3, -0.25) is 0 Å². The van der Waals surface area contributed by atoms with Crippen LogP contribution >= 0.6 is 22.7 Å². The molecule has 0 fully saturated rings. The van der Waals surface area contributed by atoms with Crippen LogP contribution in [0, 0.1) is 0 Å². The highest BCUT2D eigenvalue weighted by Crippen LogP contribution is 2.48. The first-order valence-corrected chi connectivity index (χ1v) is 25.6. The Morgan fingerprint density at radius 2 is 0.845 bits per heavy atom. The number of thiophene rings is 2. The summed E-state index contributed by atoms with van der Waals surface area (Å²) in [6.07, 6.45) is 0. The molecule has 0 unspecified atom stereocenters. The van der Waals surface area contributed by atoms with Crippen molar-refractivity contribution in [3.05, 3.63) is 255 Å². The lowest BCUT2D eigenvalue weighted by Gasteiger charge is -2.27. The third-order valence-electron chi connectivity index (χ3n) is 13.8. The maximum absolute atomic E-state index is 6.70. The summed E-state index contributed by atoms with van der Waals surface area (Å²) in [5.74, 6) is 0. The van der Waals surface area contributed by atoms with Crippen molar-refractivity contribution in [3.63, 3.8) is 0 Å². The van der Waals surface area contributed by atoms with Gasteiger partial charge in [0.1, 0.15) is 5.58 Å². The van der Waals surface area contributed by atoms with Gasteiger partial charge in [0, 0.05) is 75.2 Å². The van der Waals surface area contributed by atoms with E-state index in [2.05, 4.69) is 265 Å². The van der Waals surface area contributed by atoms with Crippen molar-refractivity contribution in [3.8, 4) is 33.4 Å². The fourth-order valence-corrected chi connectivity index (χ4v) is 12.7. The molecule has 71 heavy (non-hydrogen) atoms. The van der Waals surface area contributed by atoms with E-state index in [-0.39, 0.29) is 0 Å². The Kier molecular flexibility index (Phi) is 9.90. The first kappa shape index (κ1) is 41.3. The number of nitrogens with zero attached hydrogens (tertiary/aromatic N) is 2. The number of fused-ring (bicyclic) bond motifs is 9. The molecular formula is C66H42N2OS2. The zero-order chi connectivity index (χ0) is 46.8. The van der Waals surface area contributed by atoms with Crippen molar-refractivity contribution >= 4 is 119 Å². The third kappa shape index (κ3) is 7.25. The van der Waals surface area contributed by atoms with E-state index >= 15 is 0 Å². The van der Waals surface area contributed by atoms with Crippen LogP contribution in [0.15, 0.2) is 259 Å². The number of anilines is 6. The van der Waals surface area contributed by atoms with Crippen LogP contribution in [0.3, 0.4) is 0 Å². The van der Waals surface area contributed by atoms with Gasteiger partial charge in [-0.25, -0.2) is 0 Å². The van der Waals surface area contributed by atoms with Crippen molar-refractivity contribution in [2.24, 2.45) is 0 Å². The summed E-state index contributed by atoms with van der Waals surface area (Å²) in [5, 5.41) is 8.40. The van der Waals surface area contributed by atoms with Crippen LogP contribution in [-0.4, -0.2) is 0 Å². The molecule has 0 aliphatic heterocycles. The number of hydrogen-bond acceptors (Lipinski definition) is 5. The summed E-state index contributed by atoms with van der Waals surface area (Å²) in [4.78, 5) is 5.70. The molecule has 14 aromatic rings. The van der Waals surface area contributed by atoms with E-state index in [1.54, 1.807) is 11.3 Å². The zero-order valence-corrected chi connectivity index (χ0v) is 40.0. The molecule has 0 amide bonds. The Labute approximate surface area is 419 Å². The van der Waals surface area contributed by atoms with E-state index in [1.165, 1.54) is 68.8 Å². The van der Waals surface area contributed by atoms with E-state index in [1.807, 2.05) is 11.3 Å². The second-order valence-corrected chi connectivity index (χ2v) is 20.2. The molecule has 0 atom stereocenters. The summed E-state index contributed by atoms with van der Waals surface area (Å²) < 4.78 is 10.5. The lowest BCUT2D eigenvalue weighted by Crippen LogP contribution is -2.10. The minimum atomic E-state index is 0.886. The van der Waals surface area contributed by atoms with Gasteiger partial charge in [0.15, 0.2) is 4.90 Å². The van der Waals surface area contributed by atoms with Gasteiger partial charge < -0.3 is 14.2 Å². The van der Waals surface area contributed by atoms with Crippen LogP contribution < -0.4 is 9.80 Å². The van der Waals surface area contributed by atoms with Gasteiger partial charge in [-0.05, 0) is 141 Å². The molecule has 0 aliphatic rings. The molecule has 0 saturated carbocycles. The van der Waals surface area contributed by atoms with Gasteiger partial charge in [0.25, 0.3) is 0 Å². The molecule has 5 heteroatoms. The summed E-state index contributed by atoms with van der Waals surface area (Å²) in [6, 6.07) is 92.5. The van der Waals surface area contributed by atoms with Gasteiger partial charge >= 0.3 is 0 Å². The largest absolute Gasteiger partial charge is 0.445 e. The Hall–Kier alpha value is -8.74. The molecule has 14 rings (SSSR count). The average molecular weight is 943 g/mol. The maximum atomic E-state index is 6.70. The Morgan fingerprint density at radius 1 is 0.282 bits per heavy atom. The predicted molar refractivity (Wildman–Crippen MR) is 305 cm³/mol. The van der Waals surface area contributed by atoms with Crippen LogP contribution in [0.25, 0.3) is 95.7 Å². The summed E-state index contributed by atoms with van der Waals surface area (Å²) in [7, 11) is 0. The number of hydrogen-bond donors (Lipinski definition) is 0. The van der Waals surface area contributed by atoms with Crippen molar-refractivity contribution in [1.82, 2.24) is 0 Å². The summed E-state index contributed by atoms with van der Waals surface area (Å²) >= 11 is 3.58. The van der Waals surface area contributed by atoms with Crippen LogP contribution in [0.2, 0.25) is 0 Å². The zero-order valence-electron chi connectivity index (χ0n) is 38.4. The second-order valence-electron chi connectivity index (χ2n) is 18.1. The van der Waals surface area contributed by atoms with E-state index < -0.39 is 0 Å². The molecule has 0 aliphatic carbocycles. The van der Waals surface area contributed by atoms with Gasteiger partial charge in [-0.15, -0.1) is 11.3 Å². The second kappa shape index (κ2) is 17.0. The van der Waals surface area contributed by atoms with E-state index in [4.69, 9.17) is 4.42 Å². The predicted octanol–water partition coefficient (Wildman–Crippen LogP) is 20.3. The Balaban J connectivity index is 0.901. The van der Waals surface area contributed by atoms with Crippen LogP contribution in [0.1, 0.15) is 0 Å². The van der Waals surface area contributed by atoms with Gasteiger partial charge in [-0.1, -0.05) is 169 Å². The molecule has 0 radical (unpaired) electrons. The molecule has 3 nitrogen and oxygen atoms in total. The smallest absolute Gasteiger partial charge is 0.190 e. The highest BCUT2D eigenvalue weighted by atomic mass is 32.1. The van der Waals surface area contributed by atoms with Gasteiger partial charge in [0.2, 0.25) is 0 Å². The monoisotopic (exact) mass is 942 g/mol. The van der Waals surface area contributed by atoms with Crippen LogP contribution in [-0.2, 0) is 0 Å². The SMILES string of the molecule is c1ccc(-c2ccc(N(c3ccccc3)c3ccc4oc5sc6cc(-c7cc(N(c8cccc(-c9ccccc9)c8)c8ccc9sc%10ccccc%10c9c8)cc8ccccc78)ccc6c5c4c3)cc2)cc1. The first-order valence-electron chi connectivity index (χ1n) is 24.0. The molecule has 0 spiro atoms. The third-order valence-corrected chi connectivity index (χ3v) is 16.0. The fraction of sp³-hybridized carbons (Fsp3) is 0. The van der Waals surface area contributed by atoms with E-state index in [9.17, 15) is 0 Å². The van der Waals surface area contributed by atoms with Gasteiger partial charge in [-0.2, -0.15) is 0 Å². The quantitative estimate of drug-likeness (QED) is 0.144. The van der Waals surface area contributed by atoms with Crippen molar-refractivity contribution < 1.29 is 4.42 Å². The molecule has 0 saturated heterocycles. The minimum absolute atomic E-state index is 0.886. The number of furan rings is 1. The highest BCUT2D eigenvalue weighted by molar-refractivity contribution is 7.26. The number of benzene rings is 11. The van der Waals surface area contributed by atoms with E-state index in [0.717, 1.165) is 60.9 Å². The number of para-hydroxylation sites is 1. The lowest BCUT2D eigenvalue weighted by atomic mass is 9.95. The average Bonchev–Trinajstić information content (AvgIpc) is 4.11. The minimum Gasteiger partial charge on any atom is -0.445 e. The molecule has 334 valence electrons. The van der Waals surface area contributed by atoms with Crippen molar-refractivity contribution in [2.45, 2.75) is 0 Å². The summed E-state index contributed by atoms with van der Waals surface area (Å²) in [5.41, 5.74) is 14.6. The van der Waals surface area contributed by atoms with Crippen LogP contribution in [0.4, 0.5) is 34.1 Å².